The Morgan fingerprint density at radius 2 is 1.93 bits per heavy atom. The summed E-state index contributed by atoms with van der Waals surface area (Å²) in [7, 11) is 3.93. The van der Waals surface area contributed by atoms with Gasteiger partial charge in [-0.1, -0.05) is 35.9 Å². The molecule has 146 valence electrons. The van der Waals surface area contributed by atoms with Crippen molar-refractivity contribution in [3.63, 3.8) is 0 Å². The topological polar surface area (TPSA) is 65.2 Å². The summed E-state index contributed by atoms with van der Waals surface area (Å²) in [5.41, 5.74) is 3.22. The van der Waals surface area contributed by atoms with E-state index in [-0.39, 0.29) is 23.9 Å². The van der Waals surface area contributed by atoms with Crippen LogP contribution in [0.15, 0.2) is 53.3 Å². The number of nitrogens with one attached hydrogen (secondary N) is 2. The molecule has 0 saturated heterocycles. The van der Waals surface area contributed by atoms with Crippen molar-refractivity contribution >= 4 is 28.4 Å². The van der Waals surface area contributed by atoms with Crippen LogP contribution in [0.2, 0.25) is 5.02 Å². The van der Waals surface area contributed by atoms with Gasteiger partial charge in [0.25, 0.3) is 5.56 Å². The average molecular weight is 398 g/mol. The first-order valence-electron chi connectivity index (χ1n) is 9.15. The van der Waals surface area contributed by atoms with Crippen LogP contribution in [0.1, 0.15) is 22.7 Å². The van der Waals surface area contributed by atoms with Gasteiger partial charge in [0.2, 0.25) is 5.91 Å². The first-order chi connectivity index (χ1) is 13.3. The van der Waals surface area contributed by atoms with Gasteiger partial charge in [0.1, 0.15) is 0 Å². The third kappa shape index (κ3) is 4.61. The van der Waals surface area contributed by atoms with Crippen molar-refractivity contribution in [3.05, 3.63) is 80.6 Å². The van der Waals surface area contributed by atoms with Gasteiger partial charge in [-0.05, 0) is 61.8 Å². The van der Waals surface area contributed by atoms with Crippen LogP contribution in [0.5, 0.6) is 0 Å². The van der Waals surface area contributed by atoms with Gasteiger partial charge < -0.3 is 15.2 Å². The minimum absolute atomic E-state index is 0.0121. The number of carbonyl (C=O) groups excluding carboxylic acids is 1. The molecule has 0 fully saturated rings. The van der Waals surface area contributed by atoms with Gasteiger partial charge in [-0.3, -0.25) is 9.59 Å². The zero-order valence-electron chi connectivity index (χ0n) is 16.3. The summed E-state index contributed by atoms with van der Waals surface area (Å²) in [5.74, 6) is -0.0561. The number of benzene rings is 2. The average Bonchev–Trinajstić information content (AvgIpc) is 2.64. The van der Waals surface area contributed by atoms with Crippen molar-refractivity contribution in [2.24, 2.45) is 0 Å². The van der Waals surface area contributed by atoms with E-state index >= 15 is 0 Å². The highest BCUT2D eigenvalue weighted by Gasteiger charge is 2.18. The van der Waals surface area contributed by atoms with Gasteiger partial charge in [0, 0.05) is 22.6 Å². The summed E-state index contributed by atoms with van der Waals surface area (Å²) in [6, 6.07) is 15.1. The molecular weight excluding hydrogens is 374 g/mol. The lowest BCUT2D eigenvalue weighted by atomic mass is 10.0. The molecule has 0 aliphatic heterocycles. The predicted octanol–water partition coefficient (Wildman–Crippen LogP) is 3.45. The SMILES string of the molecule is Cc1cc2cc(CC(=O)NCC(c3ccccc3Cl)N(C)C)ccc2[nH]c1=O. The highest BCUT2D eigenvalue weighted by atomic mass is 35.5. The minimum Gasteiger partial charge on any atom is -0.354 e. The summed E-state index contributed by atoms with van der Waals surface area (Å²) in [4.78, 5) is 29.1. The lowest BCUT2D eigenvalue weighted by Gasteiger charge is -2.26. The maximum absolute atomic E-state index is 12.5. The monoisotopic (exact) mass is 397 g/mol. The molecular formula is C22H24ClN3O2. The number of hydrogen-bond acceptors (Lipinski definition) is 3. The Morgan fingerprint density at radius 3 is 2.64 bits per heavy atom. The van der Waals surface area contributed by atoms with Crippen LogP contribution >= 0.6 is 11.6 Å². The number of amides is 1. The van der Waals surface area contributed by atoms with Gasteiger partial charge in [-0.2, -0.15) is 0 Å². The van der Waals surface area contributed by atoms with E-state index in [4.69, 9.17) is 11.6 Å². The molecule has 0 aliphatic carbocycles. The molecule has 1 atom stereocenters. The molecule has 0 bridgehead atoms. The molecule has 6 heteroatoms. The highest BCUT2D eigenvalue weighted by molar-refractivity contribution is 6.31. The Morgan fingerprint density at radius 1 is 1.18 bits per heavy atom. The first kappa shape index (κ1) is 20.1. The second-order valence-corrected chi connectivity index (χ2v) is 7.59. The smallest absolute Gasteiger partial charge is 0.251 e. The first-order valence-corrected chi connectivity index (χ1v) is 9.53. The molecule has 2 aromatic carbocycles. The summed E-state index contributed by atoms with van der Waals surface area (Å²) in [6.45, 7) is 2.24. The lowest BCUT2D eigenvalue weighted by Crippen LogP contribution is -2.35. The van der Waals surface area contributed by atoms with Crippen LogP contribution in [0.4, 0.5) is 0 Å². The number of likely N-dealkylation sites (N-methyl/N-ethyl adjacent to an activating group) is 1. The van der Waals surface area contributed by atoms with Crippen LogP contribution in [-0.4, -0.2) is 36.4 Å². The number of pyridine rings is 1. The van der Waals surface area contributed by atoms with E-state index in [0.717, 1.165) is 22.0 Å². The Kier molecular flexibility index (Phi) is 6.17. The van der Waals surface area contributed by atoms with E-state index in [9.17, 15) is 9.59 Å². The summed E-state index contributed by atoms with van der Waals surface area (Å²) in [5, 5.41) is 4.62. The van der Waals surface area contributed by atoms with Gasteiger partial charge in [0.15, 0.2) is 0 Å². The molecule has 28 heavy (non-hydrogen) atoms. The fourth-order valence-electron chi connectivity index (χ4n) is 3.25. The van der Waals surface area contributed by atoms with Crippen molar-refractivity contribution in [1.82, 2.24) is 15.2 Å². The van der Waals surface area contributed by atoms with E-state index in [0.29, 0.717) is 17.1 Å². The number of hydrogen-bond donors (Lipinski definition) is 2. The normalized spacial score (nSPS) is 12.3. The number of H-pyrrole nitrogens is 1. The van der Waals surface area contributed by atoms with E-state index in [1.807, 2.05) is 67.5 Å². The number of carbonyl (C=O) groups is 1. The van der Waals surface area contributed by atoms with Gasteiger partial charge in [-0.15, -0.1) is 0 Å². The Bertz CT molecular complexity index is 1060. The molecule has 1 unspecified atom stereocenters. The molecule has 0 spiro atoms. The number of aryl methyl sites for hydroxylation is 1. The van der Waals surface area contributed by atoms with Crippen LogP contribution in [0.25, 0.3) is 10.9 Å². The Labute approximate surface area is 169 Å². The predicted molar refractivity (Wildman–Crippen MR) is 114 cm³/mol. The molecule has 2 N–H and O–H groups in total. The van der Waals surface area contributed by atoms with Gasteiger partial charge in [0.05, 0.1) is 12.5 Å². The van der Waals surface area contributed by atoms with Crippen molar-refractivity contribution in [1.29, 1.82) is 0 Å². The van der Waals surface area contributed by atoms with Gasteiger partial charge >= 0.3 is 0 Å². The molecule has 1 aromatic heterocycles. The molecule has 1 heterocycles. The lowest BCUT2D eigenvalue weighted by molar-refractivity contribution is -0.120. The number of halogens is 1. The van der Waals surface area contributed by atoms with E-state index in [2.05, 4.69) is 10.3 Å². The fourth-order valence-corrected chi connectivity index (χ4v) is 3.51. The maximum atomic E-state index is 12.5. The van der Waals surface area contributed by atoms with Crippen molar-refractivity contribution in [2.75, 3.05) is 20.6 Å². The molecule has 5 nitrogen and oxygen atoms in total. The summed E-state index contributed by atoms with van der Waals surface area (Å²) >= 11 is 6.32. The molecule has 3 rings (SSSR count). The van der Waals surface area contributed by atoms with Crippen molar-refractivity contribution in [3.8, 4) is 0 Å². The van der Waals surface area contributed by atoms with Crippen molar-refractivity contribution < 1.29 is 4.79 Å². The zero-order chi connectivity index (χ0) is 20.3. The number of aromatic amines is 1. The summed E-state index contributed by atoms with van der Waals surface area (Å²) in [6.07, 6.45) is 0.275. The molecule has 0 radical (unpaired) electrons. The maximum Gasteiger partial charge on any atom is 0.251 e. The highest BCUT2D eigenvalue weighted by Crippen LogP contribution is 2.25. The second kappa shape index (κ2) is 8.59. The fraction of sp³-hybridized carbons (Fsp3) is 0.273. The van der Waals surface area contributed by atoms with Gasteiger partial charge in [-0.25, -0.2) is 0 Å². The molecule has 0 aliphatic rings. The minimum atomic E-state index is -0.0905. The molecule has 1 amide bonds. The molecule has 0 saturated carbocycles. The van der Waals surface area contributed by atoms with E-state index in [1.54, 1.807) is 6.92 Å². The van der Waals surface area contributed by atoms with E-state index in [1.165, 1.54) is 0 Å². The molecule has 3 aromatic rings. The number of aromatic nitrogens is 1. The van der Waals surface area contributed by atoms with Crippen LogP contribution in [-0.2, 0) is 11.2 Å². The third-order valence-corrected chi connectivity index (χ3v) is 5.18. The van der Waals surface area contributed by atoms with Crippen LogP contribution in [0, 0.1) is 6.92 Å². The Hall–Kier alpha value is -2.63. The largest absolute Gasteiger partial charge is 0.354 e. The van der Waals surface area contributed by atoms with Crippen LogP contribution < -0.4 is 10.9 Å². The quantitative estimate of drug-likeness (QED) is 0.669. The van der Waals surface area contributed by atoms with Crippen molar-refractivity contribution in [2.45, 2.75) is 19.4 Å². The third-order valence-electron chi connectivity index (χ3n) is 4.84. The second-order valence-electron chi connectivity index (χ2n) is 7.18. The number of rotatable bonds is 6. The zero-order valence-corrected chi connectivity index (χ0v) is 17.0. The number of fused-ring (bicyclic) bond motifs is 1. The standard InChI is InChI=1S/C22H24ClN3O2/c1-14-10-16-11-15(8-9-19(16)25-22(14)28)12-21(27)24-13-20(26(2)3)17-6-4-5-7-18(17)23/h4-11,20H,12-13H2,1-3H3,(H,24,27)(H,25,28). The van der Waals surface area contributed by atoms with E-state index < -0.39 is 0 Å². The Balaban J connectivity index is 1.69. The summed E-state index contributed by atoms with van der Waals surface area (Å²) < 4.78 is 0. The van der Waals surface area contributed by atoms with Crippen LogP contribution in [0.3, 0.4) is 0 Å². The number of nitrogens with zero attached hydrogens (tertiary/aromatic N) is 1.